The minimum Gasteiger partial charge on any atom is -0.370 e. The average molecular weight is 206 g/mol. The van der Waals surface area contributed by atoms with Crippen molar-refractivity contribution in [2.45, 2.75) is 44.9 Å². The highest BCUT2D eigenvalue weighted by atomic mass is 16.5. The Morgan fingerprint density at radius 3 is 2.87 bits per heavy atom. The molecule has 1 saturated carbocycles. The lowest BCUT2D eigenvalue weighted by Crippen LogP contribution is -2.11. The van der Waals surface area contributed by atoms with Gasteiger partial charge in [-0.2, -0.15) is 5.10 Å². The number of aromatic nitrogens is 2. The Morgan fingerprint density at radius 2 is 2.13 bits per heavy atom. The van der Waals surface area contributed by atoms with E-state index < -0.39 is 0 Å². The van der Waals surface area contributed by atoms with Crippen LogP contribution in [-0.2, 0) is 18.0 Å². The number of aldehydes is 1. The van der Waals surface area contributed by atoms with Crippen molar-refractivity contribution >= 4 is 6.29 Å². The molecule has 1 aromatic rings. The van der Waals surface area contributed by atoms with Gasteiger partial charge in [-0.05, 0) is 12.8 Å². The van der Waals surface area contributed by atoms with Crippen molar-refractivity contribution in [2.24, 2.45) is 0 Å². The van der Waals surface area contributed by atoms with Crippen molar-refractivity contribution in [1.29, 1.82) is 0 Å². The molecule has 0 amide bonds. The summed E-state index contributed by atoms with van der Waals surface area (Å²) < 4.78 is 7.22. The van der Waals surface area contributed by atoms with Gasteiger partial charge in [-0.25, -0.2) is 0 Å². The molecule has 3 rings (SSSR count). The van der Waals surface area contributed by atoms with E-state index in [1.807, 2.05) is 4.68 Å². The number of carbonyl (C=O) groups is 1. The third-order valence-corrected chi connectivity index (χ3v) is 3.40. The van der Waals surface area contributed by atoms with Crippen LogP contribution in [-0.4, -0.2) is 16.1 Å². The second-order valence-corrected chi connectivity index (χ2v) is 4.30. The molecule has 1 aliphatic carbocycles. The summed E-state index contributed by atoms with van der Waals surface area (Å²) in [4.78, 5) is 11.1. The maximum atomic E-state index is 11.1. The number of ether oxygens (including phenoxy) is 1. The fraction of sp³-hybridized carbons (Fsp3) is 0.636. The number of fused-ring (bicyclic) bond motifs is 1. The van der Waals surface area contributed by atoms with Crippen LogP contribution in [0.5, 0.6) is 0 Å². The highest BCUT2D eigenvalue weighted by Gasteiger charge is 2.27. The molecule has 0 bridgehead atoms. The molecular formula is C11H14N2O2. The molecule has 0 unspecified atom stereocenters. The van der Waals surface area contributed by atoms with Crippen molar-refractivity contribution < 1.29 is 9.53 Å². The second-order valence-electron chi connectivity index (χ2n) is 4.30. The Hall–Kier alpha value is -1.16. The zero-order valence-electron chi connectivity index (χ0n) is 8.61. The number of hydrogen-bond donors (Lipinski definition) is 0. The first-order valence-corrected chi connectivity index (χ1v) is 5.53. The molecule has 1 aliphatic heterocycles. The predicted molar refractivity (Wildman–Crippen MR) is 53.6 cm³/mol. The summed E-state index contributed by atoms with van der Waals surface area (Å²) in [7, 11) is 0. The standard InChI is InChI=1S/C11H14N2O2/c14-5-11-9-6-15-7-10(9)12-13(11)8-3-1-2-4-8/h5,8H,1-4,6-7H2. The molecule has 2 heterocycles. The Labute approximate surface area is 88.2 Å². The summed E-state index contributed by atoms with van der Waals surface area (Å²) in [6, 6.07) is 0.441. The molecule has 4 heteroatoms. The first-order chi connectivity index (χ1) is 7.40. The van der Waals surface area contributed by atoms with Gasteiger partial charge in [0.25, 0.3) is 0 Å². The van der Waals surface area contributed by atoms with Crippen LogP contribution < -0.4 is 0 Å². The smallest absolute Gasteiger partial charge is 0.168 e. The van der Waals surface area contributed by atoms with Crippen molar-refractivity contribution in [3.63, 3.8) is 0 Å². The lowest BCUT2D eigenvalue weighted by Gasteiger charge is -2.12. The Bertz CT molecular complexity index is 392. The fourth-order valence-corrected chi connectivity index (χ4v) is 2.61. The van der Waals surface area contributed by atoms with Gasteiger partial charge in [0.1, 0.15) is 5.69 Å². The van der Waals surface area contributed by atoms with E-state index in [0.717, 1.165) is 36.1 Å². The molecule has 0 N–H and O–H groups in total. The van der Waals surface area contributed by atoms with Crippen LogP contribution in [0.1, 0.15) is 53.5 Å². The monoisotopic (exact) mass is 206 g/mol. The van der Waals surface area contributed by atoms with Gasteiger partial charge in [0.15, 0.2) is 6.29 Å². The van der Waals surface area contributed by atoms with Gasteiger partial charge in [-0.1, -0.05) is 12.8 Å². The molecule has 80 valence electrons. The third-order valence-electron chi connectivity index (χ3n) is 3.40. The summed E-state index contributed by atoms with van der Waals surface area (Å²) >= 11 is 0. The van der Waals surface area contributed by atoms with Gasteiger partial charge in [0.05, 0.1) is 24.9 Å². The maximum Gasteiger partial charge on any atom is 0.168 e. The average Bonchev–Trinajstić information content (AvgIpc) is 2.93. The van der Waals surface area contributed by atoms with Crippen LogP contribution in [0.4, 0.5) is 0 Å². The van der Waals surface area contributed by atoms with E-state index in [1.54, 1.807) is 0 Å². The summed E-state index contributed by atoms with van der Waals surface area (Å²) in [6.07, 6.45) is 5.75. The van der Waals surface area contributed by atoms with E-state index in [1.165, 1.54) is 12.8 Å². The zero-order valence-corrected chi connectivity index (χ0v) is 8.61. The highest BCUT2D eigenvalue weighted by Crippen LogP contribution is 2.32. The molecule has 4 nitrogen and oxygen atoms in total. The summed E-state index contributed by atoms with van der Waals surface area (Å²) in [5, 5.41) is 4.50. The van der Waals surface area contributed by atoms with Gasteiger partial charge in [0, 0.05) is 5.56 Å². The largest absolute Gasteiger partial charge is 0.370 e. The van der Waals surface area contributed by atoms with E-state index in [-0.39, 0.29) is 0 Å². The topological polar surface area (TPSA) is 44.1 Å². The Balaban J connectivity index is 2.03. The van der Waals surface area contributed by atoms with Crippen LogP contribution in [0.3, 0.4) is 0 Å². The number of nitrogens with zero attached hydrogens (tertiary/aromatic N) is 2. The summed E-state index contributed by atoms with van der Waals surface area (Å²) in [5.74, 6) is 0. The van der Waals surface area contributed by atoms with Gasteiger partial charge < -0.3 is 4.74 Å². The quantitative estimate of drug-likeness (QED) is 0.693. The van der Waals surface area contributed by atoms with Gasteiger partial charge in [-0.15, -0.1) is 0 Å². The van der Waals surface area contributed by atoms with Crippen molar-refractivity contribution in [3.8, 4) is 0 Å². The molecule has 1 fully saturated rings. The van der Waals surface area contributed by atoms with Crippen molar-refractivity contribution in [1.82, 2.24) is 9.78 Å². The summed E-state index contributed by atoms with van der Waals surface area (Å²) in [6.45, 7) is 1.12. The molecule has 2 aliphatic rings. The van der Waals surface area contributed by atoms with E-state index in [0.29, 0.717) is 19.3 Å². The van der Waals surface area contributed by atoms with E-state index in [2.05, 4.69) is 5.10 Å². The molecule has 0 saturated heterocycles. The minimum atomic E-state index is 0.441. The molecule has 15 heavy (non-hydrogen) atoms. The second kappa shape index (κ2) is 3.45. The molecule has 0 spiro atoms. The van der Waals surface area contributed by atoms with E-state index >= 15 is 0 Å². The minimum absolute atomic E-state index is 0.441. The summed E-state index contributed by atoms with van der Waals surface area (Å²) in [5.41, 5.74) is 2.72. The van der Waals surface area contributed by atoms with Crippen molar-refractivity contribution in [3.05, 3.63) is 17.0 Å². The van der Waals surface area contributed by atoms with Crippen molar-refractivity contribution in [2.75, 3.05) is 0 Å². The third kappa shape index (κ3) is 1.32. The number of carbonyl (C=O) groups excluding carboxylic acids is 1. The van der Waals surface area contributed by atoms with Crippen LogP contribution in [0, 0.1) is 0 Å². The lowest BCUT2D eigenvalue weighted by atomic mass is 10.2. The fourth-order valence-electron chi connectivity index (χ4n) is 2.61. The first kappa shape index (κ1) is 9.09. The van der Waals surface area contributed by atoms with Crippen LogP contribution in [0.15, 0.2) is 0 Å². The molecule has 0 radical (unpaired) electrons. The van der Waals surface area contributed by atoms with Crippen LogP contribution in [0.2, 0.25) is 0 Å². The predicted octanol–water partition coefficient (Wildman–Crippen LogP) is 1.84. The first-order valence-electron chi connectivity index (χ1n) is 5.53. The van der Waals surface area contributed by atoms with E-state index in [9.17, 15) is 4.79 Å². The molecule has 0 aromatic carbocycles. The van der Waals surface area contributed by atoms with Gasteiger partial charge in [-0.3, -0.25) is 9.48 Å². The SMILES string of the molecule is O=Cc1c2c(nn1C1CCCC1)COC2. The van der Waals surface area contributed by atoms with E-state index in [4.69, 9.17) is 4.74 Å². The normalized spacial score (nSPS) is 20.8. The zero-order chi connectivity index (χ0) is 10.3. The van der Waals surface area contributed by atoms with Crippen LogP contribution >= 0.6 is 0 Å². The number of hydrogen-bond acceptors (Lipinski definition) is 3. The molecular weight excluding hydrogens is 192 g/mol. The maximum absolute atomic E-state index is 11.1. The molecule has 1 aromatic heterocycles. The number of rotatable bonds is 2. The highest BCUT2D eigenvalue weighted by molar-refractivity contribution is 5.75. The lowest BCUT2D eigenvalue weighted by molar-refractivity contribution is 0.109. The van der Waals surface area contributed by atoms with Crippen LogP contribution in [0.25, 0.3) is 0 Å². The van der Waals surface area contributed by atoms with Gasteiger partial charge >= 0.3 is 0 Å². The van der Waals surface area contributed by atoms with Gasteiger partial charge in [0.2, 0.25) is 0 Å². The molecule has 0 atom stereocenters. The Morgan fingerprint density at radius 1 is 1.33 bits per heavy atom. The Kier molecular flexibility index (Phi) is 2.09.